The Bertz CT molecular complexity index is 528. The first-order valence-electron chi connectivity index (χ1n) is 6.95. The second-order valence-corrected chi connectivity index (χ2v) is 7.65. The standard InChI is InChI=1S/C15H22N2O2S/c1-15(2,3)10-4-5-11-9(6-10)7-12(20-11)14(19)17-8-13(16)18/h7,10H,4-6,8H2,1-3H3,(H2,16,18)(H,17,19)/t10-/m1/s1. The van der Waals surface area contributed by atoms with Crippen LogP contribution in [0.2, 0.25) is 0 Å². The number of fused-ring (bicyclic) bond motifs is 1. The summed E-state index contributed by atoms with van der Waals surface area (Å²) < 4.78 is 0. The van der Waals surface area contributed by atoms with Crippen LogP contribution in [0.5, 0.6) is 0 Å². The van der Waals surface area contributed by atoms with E-state index in [2.05, 4.69) is 26.1 Å². The van der Waals surface area contributed by atoms with Crippen LogP contribution < -0.4 is 11.1 Å². The van der Waals surface area contributed by atoms with Crippen molar-refractivity contribution in [3.05, 3.63) is 21.4 Å². The molecule has 0 aromatic carbocycles. The predicted octanol–water partition coefficient (Wildman–Crippen LogP) is 2.11. The maximum absolute atomic E-state index is 11.9. The van der Waals surface area contributed by atoms with E-state index in [9.17, 15) is 9.59 Å². The Morgan fingerprint density at radius 1 is 1.45 bits per heavy atom. The van der Waals surface area contributed by atoms with Crippen molar-refractivity contribution in [3.63, 3.8) is 0 Å². The third kappa shape index (κ3) is 3.39. The van der Waals surface area contributed by atoms with Gasteiger partial charge in [-0.05, 0) is 42.2 Å². The molecule has 1 heterocycles. The first-order chi connectivity index (χ1) is 9.27. The van der Waals surface area contributed by atoms with Crippen molar-refractivity contribution in [1.29, 1.82) is 0 Å². The third-order valence-electron chi connectivity index (χ3n) is 3.95. The summed E-state index contributed by atoms with van der Waals surface area (Å²) >= 11 is 1.54. The molecule has 1 aromatic rings. The molecule has 0 bridgehead atoms. The summed E-state index contributed by atoms with van der Waals surface area (Å²) in [6.07, 6.45) is 3.27. The van der Waals surface area contributed by atoms with Gasteiger partial charge in [0.15, 0.2) is 0 Å². The minimum Gasteiger partial charge on any atom is -0.368 e. The van der Waals surface area contributed by atoms with E-state index in [4.69, 9.17) is 5.73 Å². The maximum Gasteiger partial charge on any atom is 0.261 e. The van der Waals surface area contributed by atoms with Crippen molar-refractivity contribution < 1.29 is 9.59 Å². The SMILES string of the molecule is CC(C)(C)[C@@H]1CCc2sc(C(=O)NCC(N)=O)cc2C1. The van der Waals surface area contributed by atoms with Gasteiger partial charge in [0.1, 0.15) is 0 Å². The van der Waals surface area contributed by atoms with Crippen LogP contribution >= 0.6 is 11.3 Å². The second kappa shape index (κ2) is 5.56. The van der Waals surface area contributed by atoms with Crippen LogP contribution in [0, 0.1) is 11.3 Å². The van der Waals surface area contributed by atoms with Gasteiger partial charge in [-0.15, -0.1) is 11.3 Å². The fraction of sp³-hybridized carbons (Fsp3) is 0.600. The zero-order valence-electron chi connectivity index (χ0n) is 12.3. The fourth-order valence-corrected chi connectivity index (χ4v) is 3.75. The molecule has 2 amide bonds. The van der Waals surface area contributed by atoms with Gasteiger partial charge in [-0.25, -0.2) is 0 Å². The maximum atomic E-state index is 11.9. The van der Waals surface area contributed by atoms with Gasteiger partial charge in [0.2, 0.25) is 5.91 Å². The smallest absolute Gasteiger partial charge is 0.261 e. The monoisotopic (exact) mass is 294 g/mol. The van der Waals surface area contributed by atoms with E-state index in [0.717, 1.165) is 12.8 Å². The molecule has 0 saturated carbocycles. The van der Waals surface area contributed by atoms with Gasteiger partial charge < -0.3 is 11.1 Å². The zero-order chi connectivity index (χ0) is 14.9. The van der Waals surface area contributed by atoms with Crippen molar-refractivity contribution in [2.45, 2.75) is 40.0 Å². The third-order valence-corrected chi connectivity index (χ3v) is 5.19. The highest BCUT2D eigenvalue weighted by Crippen LogP contribution is 2.39. The molecule has 1 atom stereocenters. The van der Waals surface area contributed by atoms with E-state index in [1.54, 1.807) is 11.3 Å². The largest absolute Gasteiger partial charge is 0.368 e. The number of aryl methyl sites for hydroxylation is 1. The molecular formula is C15H22N2O2S. The van der Waals surface area contributed by atoms with E-state index in [-0.39, 0.29) is 12.5 Å². The molecule has 20 heavy (non-hydrogen) atoms. The van der Waals surface area contributed by atoms with Gasteiger partial charge in [-0.3, -0.25) is 9.59 Å². The molecule has 1 aliphatic carbocycles. The predicted molar refractivity (Wildman–Crippen MR) is 80.8 cm³/mol. The lowest BCUT2D eigenvalue weighted by Crippen LogP contribution is -2.32. The van der Waals surface area contributed by atoms with Gasteiger partial charge in [-0.2, -0.15) is 0 Å². The Morgan fingerprint density at radius 3 is 2.75 bits per heavy atom. The lowest BCUT2D eigenvalue weighted by atomic mass is 9.72. The van der Waals surface area contributed by atoms with Crippen molar-refractivity contribution in [2.75, 3.05) is 6.54 Å². The van der Waals surface area contributed by atoms with Gasteiger partial charge >= 0.3 is 0 Å². The molecule has 4 nitrogen and oxygen atoms in total. The normalized spacial score (nSPS) is 18.4. The number of nitrogens with one attached hydrogen (secondary N) is 1. The van der Waals surface area contributed by atoms with Crippen LogP contribution in [0.3, 0.4) is 0 Å². The summed E-state index contributed by atoms with van der Waals surface area (Å²) in [4.78, 5) is 24.6. The molecule has 110 valence electrons. The Labute approximate surface area is 123 Å². The average Bonchev–Trinajstić information content (AvgIpc) is 2.77. The highest BCUT2D eigenvalue weighted by atomic mass is 32.1. The van der Waals surface area contributed by atoms with E-state index < -0.39 is 5.91 Å². The Kier molecular flexibility index (Phi) is 4.18. The van der Waals surface area contributed by atoms with E-state index in [0.29, 0.717) is 16.2 Å². The summed E-state index contributed by atoms with van der Waals surface area (Å²) in [6, 6.07) is 1.98. The highest BCUT2D eigenvalue weighted by molar-refractivity contribution is 7.14. The van der Waals surface area contributed by atoms with Crippen LogP contribution in [0.1, 0.15) is 47.3 Å². The molecule has 0 fully saturated rings. The van der Waals surface area contributed by atoms with E-state index >= 15 is 0 Å². The van der Waals surface area contributed by atoms with E-state index in [1.165, 1.54) is 16.9 Å². The number of rotatable bonds is 3. The summed E-state index contributed by atoms with van der Waals surface area (Å²) in [5, 5.41) is 2.55. The number of carbonyl (C=O) groups excluding carboxylic acids is 2. The molecule has 0 spiro atoms. The number of primary amides is 1. The minimum atomic E-state index is -0.521. The highest BCUT2D eigenvalue weighted by Gasteiger charge is 2.30. The van der Waals surface area contributed by atoms with Gasteiger partial charge in [-0.1, -0.05) is 20.8 Å². The Morgan fingerprint density at radius 2 is 2.15 bits per heavy atom. The van der Waals surface area contributed by atoms with Crippen molar-refractivity contribution in [3.8, 4) is 0 Å². The first-order valence-corrected chi connectivity index (χ1v) is 7.77. The number of hydrogen-bond acceptors (Lipinski definition) is 3. The molecular weight excluding hydrogens is 272 g/mol. The lowest BCUT2D eigenvalue weighted by Gasteiger charge is -2.33. The molecule has 5 heteroatoms. The molecule has 1 aromatic heterocycles. The molecule has 1 aliphatic rings. The van der Waals surface area contributed by atoms with Gasteiger partial charge in [0.25, 0.3) is 5.91 Å². The van der Waals surface area contributed by atoms with Crippen LogP contribution in [-0.2, 0) is 17.6 Å². The number of hydrogen-bond donors (Lipinski definition) is 2. The number of carbonyl (C=O) groups is 2. The second-order valence-electron chi connectivity index (χ2n) is 6.51. The molecule has 0 aliphatic heterocycles. The van der Waals surface area contributed by atoms with Gasteiger partial charge in [0.05, 0.1) is 11.4 Å². The molecule has 0 unspecified atom stereocenters. The van der Waals surface area contributed by atoms with Crippen molar-refractivity contribution >= 4 is 23.2 Å². The number of thiophene rings is 1. The van der Waals surface area contributed by atoms with Crippen LogP contribution in [-0.4, -0.2) is 18.4 Å². The molecule has 0 radical (unpaired) electrons. The Hall–Kier alpha value is -1.36. The summed E-state index contributed by atoms with van der Waals surface area (Å²) in [7, 11) is 0. The lowest BCUT2D eigenvalue weighted by molar-refractivity contribution is -0.117. The fourth-order valence-electron chi connectivity index (χ4n) is 2.63. The molecule has 3 N–H and O–H groups in total. The molecule has 2 rings (SSSR count). The number of amides is 2. The minimum absolute atomic E-state index is 0.105. The summed E-state index contributed by atoms with van der Waals surface area (Å²) in [5.41, 5.74) is 6.63. The van der Waals surface area contributed by atoms with Gasteiger partial charge in [0, 0.05) is 4.88 Å². The average molecular weight is 294 g/mol. The summed E-state index contributed by atoms with van der Waals surface area (Å²) in [6.45, 7) is 6.71. The van der Waals surface area contributed by atoms with E-state index in [1.807, 2.05) is 6.07 Å². The topological polar surface area (TPSA) is 72.2 Å². The quantitative estimate of drug-likeness (QED) is 0.896. The van der Waals surface area contributed by atoms with Crippen molar-refractivity contribution in [2.24, 2.45) is 17.1 Å². The van der Waals surface area contributed by atoms with Crippen LogP contribution in [0.15, 0.2) is 6.07 Å². The Balaban J connectivity index is 2.09. The zero-order valence-corrected chi connectivity index (χ0v) is 13.1. The molecule has 0 saturated heterocycles. The van der Waals surface area contributed by atoms with Crippen molar-refractivity contribution in [1.82, 2.24) is 5.32 Å². The number of nitrogens with two attached hydrogens (primary N) is 1. The first kappa shape index (κ1) is 15.0. The van der Waals surface area contributed by atoms with Crippen LogP contribution in [0.4, 0.5) is 0 Å². The van der Waals surface area contributed by atoms with Crippen LogP contribution in [0.25, 0.3) is 0 Å². The summed E-state index contributed by atoms with van der Waals surface area (Å²) in [5.74, 6) is -0.0610.